The van der Waals surface area contributed by atoms with Gasteiger partial charge in [-0.3, -0.25) is 9.78 Å². The van der Waals surface area contributed by atoms with Gasteiger partial charge in [-0.25, -0.2) is 4.79 Å². The number of pyridine rings is 1. The lowest BCUT2D eigenvalue weighted by molar-refractivity contribution is -0.143. The second-order valence-electron chi connectivity index (χ2n) is 4.52. The molecule has 96 valence electrons. The summed E-state index contributed by atoms with van der Waals surface area (Å²) in [5.74, 6) is -1.21. The zero-order chi connectivity index (χ0) is 13.1. The number of nitrogens with zero attached hydrogens (tertiary/aromatic N) is 2. The molecule has 0 bridgehead atoms. The Morgan fingerprint density at radius 1 is 1.44 bits per heavy atom. The molecule has 2 heterocycles. The van der Waals surface area contributed by atoms with Gasteiger partial charge in [0.15, 0.2) is 0 Å². The van der Waals surface area contributed by atoms with Crippen molar-refractivity contribution in [3.63, 3.8) is 0 Å². The molecule has 1 aliphatic rings. The number of carboxylic acid groups (broad SMARTS) is 1. The minimum Gasteiger partial charge on any atom is -0.480 e. The van der Waals surface area contributed by atoms with Crippen LogP contribution in [0.3, 0.4) is 0 Å². The number of piperidine rings is 1. The summed E-state index contributed by atoms with van der Waals surface area (Å²) in [6.45, 7) is 2.30. The minimum atomic E-state index is -0.934. The van der Waals surface area contributed by atoms with Crippen LogP contribution in [0.25, 0.3) is 0 Å². The molecule has 1 unspecified atom stereocenters. The summed E-state index contributed by atoms with van der Waals surface area (Å²) in [5, 5.41) is 9.16. The van der Waals surface area contributed by atoms with Crippen LogP contribution in [-0.4, -0.2) is 39.5 Å². The number of rotatable bonds is 2. The Bertz CT molecular complexity index is 473. The van der Waals surface area contributed by atoms with Crippen molar-refractivity contribution in [2.24, 2.45) is 0 Å². The molecule has 5 nitrogen and oxygen atoms in total. The Labute approximate surface area is 105 Å². The van der Waals surface area contributed by atoms with Crippen LogP contribution in [0.1, 0.15) is 35.3 Å². The van der Waals surface area contributed by atoms with Crippen molar-refractivity contribution in [1.82, 2.24) is 9.88 Å². The van der Waals surface area contributed by atoms with Gasteiger partial charge in [0, 0.05) is 12.7 Å². The van der Waals surface area contributed by atoms with Crippen molar-refractivity contribution in [2.75, 3.05) is 6.54 Å². The number of carbonyl (C=O) groups excluding carboxylic acids is 1. The van der Waals surface area contributed by atoms with Crippen molar-refractivity contribution in [3.8, 4) is 0 Å². The number of amides is 1. The van der Waals surface area contributed by atoms with Crippen molar-refractivity contribution in [2.45, 2.75) is 32.2 Å². The van der Waals surface area contributed by atoms with Gasteiger partial charge in [-0.2, -0.15) is 0 Å². The Balaban J connectivity index is 2.27. The highest BCUT2D eigenvalue weighted by Crippen LogP contribution is 2.20. The van der Waals surface area contributed by atoms with Gasteiger partial charge >= 0.3 is 5.97 Å². The molecule has 1 aromatic heterocycles. The number of hydrogen-bond donors (Lipinski definition) is 1. The quantitative estimate of drug-likeness (QED) is 0.860. The van der Waals surface area contributed by atoms with Crippen LogP contribution < -0.4 is 0 Å². The van der Waals surface area contributed by atoms with E-state index in [0.717, 1.165) is 18.4 Å². The summed E-state index contributed by atoms with van der Waals surface area (Å²) in [5.41, 5.74) is 1.13. The summed E-state index contributed by atoms with van der Waals surface area (Å²) in [4.78, 5) is 29.0. The zero-order valence-corrected chi connectivity index (χ0v) is 10.3. The molecule has 0 saturated carbocycles. The van der Waals surface area contributed by atoms with Gasteiger partial charge in [0.1, 0.15) is 11.7 Å². The number of aliphatic carboxylic acids is 1. The number of carbonyl (C=O) groups is 2. The summed E-state index contributed by atoms with van der Waals surface area (Å²) >= 11 is 0. The molecular formula is C13H16N2O3. The van der Waals surface area contributed by atoms with Crippen molar-refractivity contribution in [1.29, 1.82) is 0 Å². The SMILES string of the molecule is Cc1cccnc1C(=O)N1CCCCC1C(=O)O. The van der Waals surface area contributed by atoms with Gasteiger partial charge in [-0.15, -0.1) is 0 Å². The van der Waals surface area contributed by atoms with E-state index in [9.17, 15) is 9.59 Å². The second-order valence-corrected chi connectivity index (χ2v) is 4.52. The van der Waals surface area contributed by atoms with Crippen LogP contribution in [0.5, 0.6) is 0 Å². The molecule has 1 N–H and O–H groups in total. The topological polar surface area (TPSA) is 70.5 Å². The molecule has 0 aromatic carbocycles. The third kappa shape index (κ3) is 2.34. The summed E-state index contributed by atoms with van der Waals surface area (Å²) in [7, 11) is 0. The first-order valence-electron chi connectivity index (χ1n) is 6.06. The fourth-order valence-electron chi connectivity index (χ4n) is 2.28. The normalized spacial score (nSPS) is 19.6. The van der Waals surface area contributed by atoms with Crippen molar-refractivity contribution >= 4 is 11.9 Å². The lowest BCUT2D eigenvalue weighted by atomic mass is 10.0. The van der Waals surface area contributed by atoms with Crippen LogP contribution in [0, 0.1) is 6.92 Å². The Hall–Kier alpha value is -1.91. The molecule has 0 radical (unpaired) electrons. The van der Waals surface area contributed by atoms with E-state index in [1.807, 2.05) is 0 Å². The average Bonchev–Trinajstić information content (AvgIpc) is 2.38. The van der Waals surface area contributed by atoms with Gasteiger partial charge < -0.3 is 10.0 Å². The first-order valence-corrected chi connectivity index (χ1v) is 6.06. The van der Waals surface area contributed by atoms with E-state index >= 15 is 0 Å². The molecule has 1 aliphatic heterocycles. The predicted octanol–water partition coefficient (Wildman–Crippen LogP) is 1.47. The van der Waals surface area contributed by atoms with Crippen LogP contribution in [-0.2, 0) is 4.79 Å². The Morgan fingerprint density at radius 3 is 2.89 bits per heavy atom. The largest absolute Gasteiger partial charge is 0.480 e. The zero-order valence-electron chi connectivity index (χ0n) is 10.3. The van der Waals surface area contributed by atoms with Crippen molar-refractivity contribution < 1.29 is 14.7 Å². The van der Waals surface area contributed by atoms with E-state index < -0.39 is 12.0 Å². The maximum Gasteiger partial charge on any atom is 0.326 e. The number of aromatic nitrogens is 1. The lowest BCUT2D eigenvalue weighted by Crippen LogP contribution is -2.48. The Morgan fingerprint density at radius 2 is 2.22 bits per heavy atom. The van der Waals surface area contributed by atoms with Gasteiger partial charge in [-0.05, 0) is 37.8 Å². The van der Waals surface area contributed by atoms with E-state index in [1.54, 1.807) is 25.3 Å². The fourth-order valence-corrected chi connectivity index (χ4v) is 2.28. The summed E-state index contributed by atoms with van der Waals surface area (Å²) < 4.78 is 0. The van der Waals surface area contributed by atoms with E-state index in [1.165, 1.54) is 4.90 Å². The number of aryl methyl sites for hydroxylation is 1. The van der Waals surface area contributed by atoms with Crippen LogP contribution >= 0.6 is 0 Å². The fraction of sp³-hybridized carbons (Fsp3) is 0.462. The van der Waals surface area contributed by atoms with Gasteiger partial charge in [0.25, 0.3) is 5.91 Å². The molecule has 0 aliphatic carbocycles. The molecular weight excluding hydrogens is 232 g/mol. The molecule has 1 aromatic rings. The first kappa shape index (κ1) is 12.5. The van der Waals surface area contributed by atoms with E-state index in [0.29, 0.717) is 18.7 Å². The minimum absolute atomic E-state index is 0.278. The molecule has 5 heteroatoms. The number of carboxylic acids is 1. The molecule has 1 atom stereocenters. The van der Waals surface area contributed by atoms with Crippen LogP contribution in [0.4, 0.5) is 0 Å². The standard InChI is InChI=1S/C13H16N2O3/c1-9-5-4-7-14-11(9)12(16)15-8-3-2-6-10(15)13(17)18/h4-5,7,10H,2-3,6,8H2,1H3,(H,17,18). The highest BCUT2D eigenvalue weighted by molar-refractivity contribution is 5.96. The molecule has 18 heavy (non-hydrogen) atoms. The summed E-state index contributed by atoms with van der Waals surface area (Å²) in [6, 6.07) is 2.85. The molecule has 1 amide bonds. The third-order valence-corrected chi connectivity index (χ3v) is 3.26. The smallest absolute Gasteiger partial charge is 0.326 e. The first-order chi connectivity index (χ1) is 8.61. The maximum absolute atomic E-state index is 12.3. The third-order valence-electron chi connectivity index (χ3n) is 3.26. The average molecular weight is 248 g/mol. The highest BCUT2D eigenvalue weighted by Gasteiger charge is 2.33. The van der Waals surface area contributed by atoms with E-state index in [2.05, 4.69) is 4.98 Å². The second kappa shape index (κ2) is 5.16. The Kier molecular flexibility index (Phi) is 3.60. The van der Waals surface area contributed by atoms with Crippen LogP contribution in [0.2, 0.25) is 0 Å². The molecule has 2 rings (SSSR count). The van der Waals surface area contributed by atoms with E-state index in [4.69, 9.17) is 5.11 Å². The summed E-state index contributed by atoms with van der Waals surface area (Å²) in [6.07, 6.45) is 3.77. The van der Waals surface area contributed by atoms with Gasteiger partial charge in [0.2, 0.25) is 0 Å². The van der Waals surface area contributed by atoms with Gasteiger partial charge in [-0.1, -0.05) is 6.07 Å². The molecule has 0 spiro atoms. The highest BCUT2D eigenvalue weighted by atomic mass is 16.4. The van der Waals surface area contributed by atoms with Gasteiger partial charge in [0.05, 0.1) is 0 Å². The predicted molar refractivity (Wildman–Crippen MR) is 65.3 cm³/mol. The molecule has 1 fully saturated rings. The monoisotopic (exact) mass is 248 g/mol. The number of likely N-dealkylation sites (tertiary alicyclic amines) is 1. The number of hydrogen-bond acceptors (Lipinski definition) is 3. The maximum atomic E-state index is 12.3. The lowest BCUT2D eigenvalue weighted by Gasteiger charge is -2.32. The van der Waals surface area contributed by atoms with Crippen LogP contribution in [0.15, 0.2) is 18.3 Å². The molecule has 1 saturated heterocycles. The van der Waals surface area contributed by atoms with E-state index in [-0.39, 0.29) is 5.91 Å². The van der Waals surface area contributed by atoms with Crippen molar-refractivity contribution in [3.05, 3.63) is 29.6 Å².